The van der Waals surface area contributed by atoms with Crippen molar-refractivity contribution >= 4 is 17.0 Å². The van der Waals surface area contributed by atoms with E-state index in [1.807, 2.05) is 32.2 Å². The lowest BCUT2D eigenvalue weighted by molar-refractivity contribution is 0.199. The summed E-state index contributed by atoms with van der Waals surface area (Å²) in [5.41, 5.74) is 5.82. The number of aryl methyl sites for hydroxylation is 1. The van der Waals surface area contributed by atoms with Gasteiger partial charge in [-0.1, -0.05) is 51.5 Å². The van der Waals surface area contributed by atoms with Gasteiger partial charge in [0.25, 0.3) is 0 Å². The number of aromatic amines is 1. The van der Waals surface area contributed by atoms with Gasteiger partial charge in [0.1, 0.15) is 5.82 Å². The number of para-hydroxylation sites is 1. The van der Waals surface area contributed by atoms with Gasteiger partial charge in [0, 0.05) is 24.3 Å². The maximum atomic E-state index is 4.95. The number of likely N-dealkylation sites (tertiary alicyclic amines) is 1. The molecule has 1 aliphatic rings. The molecule has 0 aliphatic carbocycles. The third-order valence-corrected chi connectivity index (χ3v) is 6.16. The SMILES string of the molecule is CC.CCCN1CCC(/C(C)=C/c2nc(-c3cnc4ccccc4c3)[nH]c2CC)CC1.[HH]. The predicted molar refractivity (Wildman–Crippen MR) is 135 cm³/mol. The Kier molecular flexibility index (Phi) is 8.42. The first-order valence-electron chi connectivity index (χ1n) is 12.0. The Hall–Kier alpha value is -2.46. The highest BCUT2D eigenvalue weighted by Gasteiger charge is 2.20. The number of allylic oxidation sites excluding steroid dienone is 1. The van der Waals surface area contributed by atoms with E-state index < -0.39 is 0 Å². The highest BCUT2D eigenvalue weighted by molar-refractivity contribution is 5.82. The van der Waals surface area contributed by atoms with Crippen LogP contribution in [0.5, 0.6) is 0 Å². The van der Waals surface area contributed by atoms with Gasteiger partial charge in [-0.25, -0.2) is 4.98 Å². The van der Waals surface area contributed by atoms with Crippen molar-refractivity contribution in [2.75, 3.05) is 19.6 Å². The second-order valence-corrected chi connectivity index (χ2v) is 8.22. The van der Waals surface area contributed by atoms with Crippen LogP contribution in [0, 0.1) is 5.92 Å². The number of rotatable bonds is 6. The van der Waals surface area contributed by atoms with Crippen LogP contribution < -0.4 is 0 Å². The zero-order valence-electron chi connectivity index (χ0n) is 19.9. The fourth-order valence-electron chi connectivity index (χ4n) is 4.41. The van der Waals surface area contributed by atoms with E-state index in [1.54, 1.807) is 0 Å². The van der Waals surface area contributed by atoms with Crippen LogP contribution in [0.4, 0.5) is 0 Å². The Morgan fingerprint density at radius 3 is 2.65 bits per heavy atom. The Balaban J connectivity index is 0.00000118. The highest BCUT2D eigenvalue weighted by atomic mass is 15.1. The molecule has 0 amide bonds. The molecule has 0 bridgehead atoms. The molecule has 4 heteroatoms. The molecule has 1 fully saturated rings. The minimum atomic E-state index is 0. The van der Waals surface area contributed by atoms with Crippen LogP contribution in [0.2, 0.25) is 0 Å². The van der Waals surface area contributed by atoms with E-state index in [0.717, 1.165) is 34.4 Å². The summed E-state index contributed by atoms with van der Waals surface area (Å²) in [6, 6.07) is 10.4. The Morgan fingerprint density at radius 2 is 1.94 bits per heavy atom. The summed E-state index contributed by atoms with van der Waals surface area (Å²) in [5.74, 6) is 1.59. The number of imidazole rings is 1. The summed E-state index contributed by atoms with van der Waals surface area (Å²) in [4.78, 5) is 15.7. The third kappa shape index (κ3) is 5.62. The molecule has 1 aromatic carbocycles. The van der Waals surface area contributed by atoms with Crippen molar-refractivity contribution in [1.29, 1.82) is 0 Å². The van der Waals surface area contributed by atoms with Gasteiger partial charge < -0.3 is 9.88 Å². The topological polar surface area (TPSA) is 44.8 Å². The first kappa shape index (κ1) is 23.2. The van der Waals surface area contributed by atoms with Gasteiger partial charge in [-0.15, -0.1) is 0 Å². The summed E-state index contributed by atoms with van der Waals surface area (Å²) in [6.45, 7) is 14.4. The zero-order chi connectivity index (χ0) is 22.2. The highest BCUT2D eigenvalue weighted by Crippen LogP contribution is 2.28. The van der Waals surface area contributed by atoms with Crippen molar-refractivity contribution < 1.29 is 1.43 Å². The molecule has 0 spiro atoms. The molecule has 2 aromatic heterocycles. The number of H-pyrrole nitrogens is 1. The normalized spacial score (nSPS) is 15.7. The molecule has 1 saturated heterocycles. The van der Waals surface area contributed by atoms with Gasteiger partial charge in [0.2, 0.25) is 0 Å². The second-order valence-electron chi connectivity index (χ2n) is 8.22. The number of aromatic nitrogens is 3. The molecule has 1 aliphatic heterocycles. The van der Waals surface area contributed by atoms with Crippen LogP contribution in [0.15, 0.2) is 42.1 Å². The summed E-state index contributed by atoms with van der Waals surface area (Å²) in [6.07, 6.45) is 8.95. The molecule has 4 nitrogen and oxygen atoms in total. The molecule has 3 heterocycles. The lowest BCUT2D eigenvalue weighted by Gasteiger charge is -2.32. The molecule has 168 valence electrons. The number of fused-ring (bicyclic) bond motifs is 1. The average Bonchev–Trinajstić information content (AvgIpc) is 3.23. The number of piperidine rings is 1. The van der Waals surface area contributed by atoms with Gasteiger partial charge >= 0.3 is 0 Å². The molecule has 4 rings (SSSR count). The van der Waals surface area contributed by atoms with E-state index in [2.05, 4.69) is 59.9 Å². The molecular formula is C27H40N4. The third-order valence-electron chi connectivity index (χ3n) is 6.16. The van der Waals surface area contributed by atoms with Crippen molar-refractivity contribution in [1.82, 2.24) is 19.9 Å². The van der Waals surface area contributed by atoms with Crippen LogP contribution in [-0.2, 0) is 6.42 Å². The van der Waals surface area contributed by atoms with E-state index in [9.17, 15) is 0 Å². The fourth-order valence-corrected chi connectivity index (χ4v) is 4.41. The summed E-state index contributed by atoms with van der Waals surface area (Å²) >= 11 is 0. The summed E-state index contributed by atoms with van der Waals surface area (Å²) in [5, 5.41) is 1.14. The molecule has 0 radical (unpaired) electrons. The van der Waals surface area contributed by atoms with Crippen LogP contribution in [0.3, 0.4) is 0 Å². The number of benzene rings is 1. The van der Waals surface area contributed by atoms with Crippen molar-refractivity contribution in [3.8, 4) is 11.4 Å². The van der Waals surface area contributed by atoms with Gasteiger partial charge in [-0.2, -0.15) is 0 Å². The number of nitrogens with one attached hydrogen (secondary N) is 1. The monoisotopic (exact) mass is 420 g/mol. The largest absolute Gasteiger partial charge is 0.341 e. The van der Waals surface area contributed by atoms with Gasteiger partial charge in [-0.3, -0.25) is 4.98 Å². The lowest BCUT2D eigenvalue weighted by Crippen LogP contribution is -2.34. The predicted octanol–water partition coefficient (Wildman–Crippen LogP) is 6.98. The second kappa shape index (κ2) is 11.2. The Labute approximate surface area is 189 Å². The van der Waals surface area contributed by atoms with Crippen LogP contribution in [0.1, 0.15) is 66.7 Å². The first-order chi connectivity index (χ1) is 15.2. The average molecular weight is 421 g/mol. The van der Waals surface area contributed by atoms with Crippen molar-refractivity contribution in [3.63, 3.8) is 0 Å². The summed E-state index contributed by atoms with van der Waals surface area (Å²) in [7, 11) is 0. The van der Waals surface area contributed by atoms with Gasteiger partial charge in [-0.05, 0) is 76.4 Å². The van der Waals surface area contributed by atoms with Crippen LogP contribution >= 0.6 is 0 Å². The van der Waals surface area contributed by atoms with Crippen LogP contribution in [-0.4, -0.2) is 39.5 Å². The molecular weight excluding hydrogens is 380 g/mol. The van der Waals surface area contributed by atoms with Crippen molar-refractivity contribution in [2.24, 2.45) is 5.92 Å². The lowest BCUT2D eigenvalue weighted by atomic mass is 9.89. The van der Waals surface area contributed by atoms with E-state index >= 15 is 0 Å². The maximum absolute atomic E-state index is 4.95. The minimum absolute atomic E-state index is 0. The molecule has 0 saturated carbocycles. The fraction of sp³-hybridized carbons (Fsp3) is 0.481. The Morgan fingerprint density at radius 1 is 1.19 bits per heavy atom. The maximum Gasteiger partial charge on any atom is 0.139 e. The standard InChI is InChI=1S/C25H32N4.C2H6.H2/c1-4-12-29-13-10-19(11-14-29)18(3)15-24-22(5-2)27-25(28-24)21-16-20-8-6-7-9-23(20)26-17-21;1-2;/h6-9,15-17,19H,4-5,10-14H2,1-3H3,(H,27,28);1-2H3;1H/b18-15+;;. The van der Waals surface area contributed by atoms with Gasteiger partial charge in [0.15, 0.2) is 0 Å². The molecule has 0 atom stereocenters. The first-order valence-corrected chi connectivity index (χ1v) is 12.0. The van der Waals surface area contributed by atoms with Crippen molar-refractivity contribution in [2.45, 2.75) is 60.3 Å². The summed E-state index contributed by atoms with van der Waals surface area (Å²) < 4.78 is 0. The number of hydrogen-bond acceptors (Lipinski definition) is 3. The van der Waals surface area contributed by atoms with E-state index in [-0.39, 0.29) is 1.43 Å². The number of hydrogen-bond donors (Lipinski definition) is 1. The molecule has 0 unspecified atom stereocenters. The van der Waals surface area contributed by atoms with E-state index in [0.29, 0.717) is 5.92 Å². The smallest absolute Gasteiger partial charge is 0.139 e. The Bertz CT molecular complexity index is 1000. The molecule has 31 heavy (non-hydrogen) atoms. The molecule has 3 aromatic rings. The van der Waals surface area contributed by atoms with Crippen molar-refractivity contribution in [3.05, 3.63) is 53.5 Å². The van der Waals surface area contributed by atoms with Crippen LogP contribution in [0.25, 0.3) is 28.4 Å². The number of nitrogens with zero attached hydrogens (tertiary/aromatic N) is 3. The van der Waals surface area contributed by atoms with E-state index in [1.165, 1.54) is 50.2 Å². The number of pyridine rings is 1. The molecule has 1 N–H and O–H groups in total. The zero-order valence-corrected chi connectivity index (χ0v) is 19.9. The minimum Gasteiger partial charge on any atom is -0.341 e. The quantitative estimate of drug-likeness (QED) is 0.467. The van der Waals surface area contributed by atoms with Gasteiger partial charge in [0.05, 0.1) is 11.2 Å². The van der Waals surface area contributed by atoms with E-state index in [4.69, 9.17) is 4.98 Å².